The Morgan fingerprint density at radius 3 is 2.44 bits per heavy atom. The second-order valence-corrected chi connectivity index (χ2v) is 13.8. The molecular weight excluding hydrogens is 577 g/mol. The number of ether oxygens (including phenoxy) is 1. The Bertz CT molecular complexity index is 1670. The van der Waals surface area contributed by atoms with Gasteiger partial charge in [-0.2, -0.15) is 0 Å². The predicted octanol–water partition coefficient (Wildman–Crippen LogP) is 4.99. The van der Waals surface area contributed by atoms with Crippen molar-refractivity contribution in [1.82, 2.24) is 19.4 Å². The fourth-order valence-corrected chi connectivity index (χ4v) is 7.78. The molecule has 0 aliphatic carbocycles. The third kappa shape index (κ3) is 6.64. The van der Waals surface area contributed by atoms with Gasteiger partial charge in [-0.3, -0.25) is 9.69 Å². The lowest BCUT2D eigenvalue weighted by molar-refractivity contribution is -0.136. The summed E-state index contributed by atoms with van der Waals surface area (Å²) in [7, 11) is 1.56. The van der Waals surface area contributed by atoms with Crippen LogP contribution < -0.4 is 0 Å². The maximum Gasteiger partial charge on any atom is 0.230 e. The number of fused-ring (bicyclic) bond motifs is 3. The van der Waals surface area contributed by atoms with Gasteiger partial charge in [0.05, 0.1) is 16.8 Å². The van der Waals surface area contributed by atoms with Gasteiger partial charge in [-0.15, -0.1) is 0 Å². The third-order valence-corrected chi connectivity index (χ3v) is 10.4. The molecule has 6 rings (SSSR count). The molecule has 7 nitrogen and oxygen atoms in total. The molecule has 4 aromatic rings. The summed E-state index contributed by atoms with van der Waals surface area (Å²) in [4.78, 5) is 23.9. The lowest BCUT2D eigenvalue weighted by Gasteiger charge is -2.39. The van der Waals surface area contributed by atoms with Gasteiger partial charge in [-0.1, -0.05) is 49.4 Å². The molecular formula is C37H48N4O3Si. The van der Waals surface area contributed by atoms with Gasteiger partial charge in [0.1, 0.15) is 5.65 Å². The molecule has 0 radical (unpaired) electrons. The first-order valence-electron chi connectivity index (χ1n) is 16.8. The van der Waals surface area contributed by atoms with Crippen molar-refractivity contribution in [1.29, 1.82) is 0 Å². The molecule has 2 aromatic carbocycles. The van der Waals surface area contributed by atoms with Crippen molar-refractivity contribution in [3.63, 3.8) is 0 Å². The first kappa shape index (κ1) is 31.6. The number of aliphatic hydroxyl groups excluding tert-OH is 1. The largest absolute Gasteiger partial charge is 0.519 e. The van der Waals surface area contributed by atoms with Gasteiger partial charge in [0, 0.05) is 78.7 Å². The van der Waals surface area contributed by atoms with Crippen LogP contribution in [0.5, 0.6) is 0 Å². The van der Waals surface area contributed by atoms with E-state index in [0.29, 0.717) is 24.2 Å². The highest BCUT2D eigenvalue weighted by Gasteiger charge is 2.35. The van der Waals surface area contributed by atoms with Crippen LogP contribution in [0, 0.1) is 19.8 Å². The van der Waals surface area contributed by atoms with E-state index in [9.17, 15) is 9.90 Å². The normalized spacial score (nSPS) is 17.3. The maximum atomic E-state index is 14.1. The van der Waals surface area contributed by atoms with Gasteiger partial charge < -0.3 is 19.3 Å². The van der Waals surface area contributed by atoms with Crippen LogP contribution >= 0.6 is 0 Å². The fourth-order valence-electron chi connectivity index (χ4n) is 7.61. The fraction of sp³-hybridized carbons (Fsp3) is 0.486. The third-order valence-electron chi connectivity index (χ3n) is 10.1. The number of hydrogen-bond donors (Lipinski definition) is 1. The Balaban J connectivity index is 1.30. The number of carbonyl (C=O) groups excluding carboxylic acids is 1. The molecule has 1 N–H and O–H groups in total. The van der Waals surface area contributed by atoms with Crippen molar-refractivity contribution < 1.29 is 14.6 Å². The predicted molar refractivity (Wildman–Crippen MR) is 186 cm³/mol. The van der Waals surface area contributed by atoms with Crippen LogP contribution in [0.25, 0.3) is 21.9 Å². The lowest BCUT2D eigenvalue weighted by atomic mass is 9.80. The first-order valence-corrected chi connectivity index (χ1v) is 17.5. The van der Waals surface area contributed by atoms with Gasteiger partial charge >= 0.3 is 0 Å². The summed E-state index contributed by atoms with van der Waals surface area (Å²) >= 11 is 0. The van der Waals surface area contributed by atoms with Gasteiger partial charge in [0.15, 0.2) is 0 Å². The van der Waals surface area contributed by atoms with Crippen LogP contribution in [0.1, 0.15) is 66.5 Å². The van der Waals surface area contributed by atoms with Crippen molar-refractivity contribution in [3.05, 3.63) is 76.5 Å². The molecule has 2 saturated heterocycles. The molecule has 45 heavy (non-hydrogen) atoms. The maximum absolute atomic E-state index is 14.1. The second-order valence-electron chi connectivity index (χ2n) is 13.0. The molecule has 4 heterocycles. The quantitative estimate of drug-likeness (QED) is 0.252. The summed E-state index contributed by atoms with van der Waals surface area (Å²) < 4.78 is 8.03. The lowest BCUT2D eigenvalue weighted by Crippen LogP contribution is -2.51. The van der Waals surface area contributed by atoms with Crippen LogP contribution in [0.15, 0.2) is 48.5 Å². The number of piperazine rings is 1. The Hall–Kier alpha value is -3.33. The van der Waals surface area contributed by atoms with E-state index in [-0.39, 0.29) is 11.8 Å². The van der Waals surface area contributed by atoms with Crippen molar-refractivity contribution in [2.45, 2.75) is 65.3 Å². The summed E-state index contributed by atoms with van der Waals surface area (Å²) in [5, 5.41) is 12.8. The van der Waals surface area contributed by atoms with Crippen LogP contribution in [0.2, 0.25) is 0 Å². The average Bonchev–Trinajstić information content (AvgIpc) is 3.35. The van der Waals surface area contributed by atoms with Crippen molar-refractivity contribution in [2.24, 2.45) is 5.92 Å². The van der Waals surface area contributed by atoms with E-state index < -0.39 is 0 Å². The summed E-state index contributed by atoms with van der Waals surface area (Å²) in [6.45, 7) is 13.3. The van der Waals surface area contributed by atoms with Crippen LogP contribution in [-0.4, -0.2) is 91.5 Å². The standard InChI is InChI=1S/C37H48N4O3Si/c1-4-17-39-18-20-40(21-19-39)37(43)35(29-15-22-44-23-16-29)28-11-9-27(10-12-28)24-41-32-8-6-5-7-31(32)34-25(2)30(13-14-33(42)45)26(3)38-36(34)41/h5-12,29,35,42H,4,13-24,45H2,1-3H3/t35-/m1/s1. The SMILES string of the molecule is CCCN1CCN(C(=O)[C@H](c2ccc(Cn3c4ccccc4c4c(C)c(CCC(O)=[SiH2])c(C)nc43)cc2)C2CCOCC2)CC1. The number of pyridine rings is 1. The monoisotopic (exact) mass is 624 g/mol. The van der Waals surface area contributed by atoms with E-state index in [4.69, 9.17) is 9.72 Å². The number of aromatic nitrogens is 2. The molecule has 0 spiro atoms. The zero-order valence-electron chi connectivity index (χ0n) is 27.2. The average molecular weight is 625 g/mol. The van der Waals surface area contributed by atoms with Crippen molar-refractivity contribution in [2.75, 3.05) is 45.9 Å². The minimum Gasteiger partial charge on any atom is -0.519 e. The molecule has 0 unspecified atom stereocenters. The van der Waals surface area contributed by atoms with Crippen molar-refractivity contribution in [3.8, 4) is 0 Å². The number of carbonyl (C=O) groups is 1. The van der Waals surface area contributed by atoms with Gasteiger partial charge in [-0.25, -0.2) is 4.98 Å². The number of rotatable bonds is 10. The molecule has 2 aliphatic heterocycles. The molecule has 238 valence electrons. The van der Waals surface area contributed by atoms with Gasteiger partial charge in [0.2, 0.25) is 5.91 Å². The minimum atomic E-state index is -0.125. The van der Waals surface area contributed by atoms with Crippen LogP contribution in [0.4, 0.5) is 0 Å². The molecule has 0 saturated carbocycles. The van der Waals surface area contributed by atoms with E-state index in [1.165, 1.54) is 33.0 Å². The molecule has 2 aromatic heterocycles. The topological polar surface area (TPSA) is 70.8 Å². The van der Waals surface area contributed by atoms with E-state index >= 15 is 0 Å². The Morgan fingerprint density at radius 1 is 1.04 bits per heavy atom. The molecule has 1 atom stereocenters. The van der Waals surface area contributed by atoms with Gasteiger partial charge in [-0.05, 0) is 80.3 Å². The van der Waals surface area contributed by atoms with Crippen molar-refractivity contribution >= 4 is 43.1 Å². The zero-order valence-corrected chi connectivity index (χ0v) is 28.6. The highest BCUT2D eigenvalue weighted by Crippen LogP contribution is 2.36. The summed E-state index contributed by atoms with van der Waals surface area (Å²) in [6, 6.07) is 17.4. The smallest absolute Gasteiger partial charge is 0.230 e. The number of nitrogens with zero attached hydrogens (tertiary/aromatic N) is 4. The number of amides is 1. The summed E-state index contributed by atoms with van der Waals surface area (Å²) in [6.07, 6.45) is 4.46. The second kappa shape index (κ2) is 14.0. The highest BCUT2D eigenvalue weighted by atomic mass is 28.1. The number of aryl methyl sites for hydroxylation is 2. The minimum absolute atomic E-state index is 0.125. The van der Waals surface area contributed by atoms with Gasteiger partial charge in [0.25, 0.3) is 0 Å². The van der Waals surface area contributed by atoms with E-state index in [1.807, 2.05) is 0 Å². The summed E-state index contributed by atoms with van der Waals surface area (Å²) in [5.74, 6) is 0.466. The van der Waals surface area contributed by atoms with E-state index in [1.54, 1.807) is 9.85 Å². The summed E-state index contributed by atoms with van der Waals surface area (Å²) in [5.41, 5.74) is 8.00. The van der Waals surface area contributed by atoms with Crippen LogP contribution in [0.3, 0.4) is 0 Å². The van der Waals surface area contributed by atoms with E-state index in [2.05, 4.69) is 83.7 Å². The number of benzene rings is 2. The molecule has 1 amide bonds. The number of hydrogen-bond acceptors (Lipinski definition) is 5. The molecule has 8 heteroatoms. The highest BCUT2D eigenvalue weighted by molar-refractivity contribution is 6.33. The number of aliphatic hydroxyl groups is 1. The number of para-hydroxylation sites is 1. The zero-order chi connectivity index (χ0) is 31.5. The first-order chi connectivity index (χ1) is 21.9. The Kier molecular flexibility index (Phi) is 9.83. The Morgan fingerprint density at radius 2 is 1.76 bits per heavy atom. The van der Waals surface area contributed by atoms with Crippen LogP contribution in [-0.2, 0) is 22.5 Å². The molecule has 2 fully saturated rings. The molecule has 0 bridgehead atoms. The molecule has 2 aliphatic rings. The Labute approximate surface area is 270 Å². The van der Waals surface area contributed by atoms with E-state index in [0.717, 1.165) is 88.5 Å².